The highest BCUT2D eigenvalue weighted by atomic mass is 16.7. The number of epoxide rings is 2. The molecule has 52 valence electrons. The van der Waals surface area contributed by atoms with Crippen LogP contribution in [0.5, 0.6) is 0 Å². The average molecular weight is 138 g/mol. The lowest BCUT2D eigenvalue weighted by Gasteiger charge is -1.80. The fourth-order valence-corrected chi connectivity index (χ4v) is 1.44. The molecule has 2 saturated heterocycles. The van der Waals surface area contributed by atoms with Crippen molar-refractivity contribution in [1.82, 2.24) is 0 Å². The Morgan fingerprint density at radius 2 is 2.20 bits per heavy atom. The average Bonchev–Trinajstić information content (AvgIpc) is 2.71. The first kappa shape index (κ1) is 5.04. The SMILES string of the molecule is O=C1C=C[C@H]2O[C@H]2[C@H]2O[C@@H]12. The first-order valence-electron chi connectivity index (χ1n) is 3.39. The largest absolute Gasteiger partial charge is 0.362 e. The van der Waals surface area contributed by atoms with Gasteiger partial charge < -0.3 is 9.47 Å². The van der Waals surface area contributed by atoms with Gasteiger partial charge in [0.15, 0.2) is 5.78 Å². The lowest BCUT2D eigenvalue weighted by Crippen LogP contribution is -2.08. The molecule has 0 aromatic carbocycles. The maximum absolute atomic E-state index is 11.0. The Hall–Kier alpha value is -0.670. The molecule has 0 unspecified atom stereocenters. The summed E-state index contributed by atoms with van der Waals surface area (Å²) in [4.78, 5) is 11.0. The van der Waals surface area contributed by atoms with Crippen molar-refractivity contribution in [3.63, 3.8) is 0 Å². The molecule has 0 spiro atoms. The van der Waals surface area contributed by atoms with Gasteiger partial charge in [0.1, 0.15) is 24.4 Å². The Labute approximate surface area is 57.6 Å². The van der Waals surface area contributed by atoms with E-state index in [0.29, 0.717) is 0 Å². The molecule has 3 nitrogen and oxygen atoms in total. The molecule has 3 aliphatic rings. The molecular formula is C7H6O3. The molecule has 2 heterocycles. The van der Waals surface area contributed by atoms with Crippen molar-refractivity contribution in [3.05, 3.63) is 12.2 Å². The van der Waals surface area contributed by atoms with Gasteiger partial charge in [-0.05, 0) is 12.2 Å². The molecule has 0 bridgehead atoms. The van der Waals surface area contributed by atoms with E-state index in [1.807, 2.05) is 6.08 Å². The highest BCUT2D eigenvalue weighted by molar-refractivity contribution is 5.96. The van der Waals surface area contributed by atoms with Crippen LogP contribution in [0, 0.1) is 0 Å². The summed E-state index contributed by atoms with van der Waals surface area (Å²) in [7, 11) is 0. The summed E-state index contributed by atoms with van der Waals surface area (Å²) in [5.74, 6) is 0.0980. The van der Waals surface area contributed by atoms with Gasteiger partial charge in [-0.1, -0.05) is 0 Å². The highest BCUT2D eigenvalue weighted by Gasteiger charge is 2.60. The molecular weight excluding hydrogens is 132 g/mol. The van der Waals surface area contributed by atoms with E-state index >= 15 is 0 Å². The predicted octanol–water partition coefficient (Wildman–Crippen LogP) is -0.340. The van der Waals surface area contributed by atoms with Crippen LogP contribution in [0.25, 0.3) is 0 Å². The van der Waals surface area contributed by atoms with Gasteiger partial charge in [0.25, 0.3) is 0 Å². The van der Waals surface area contributed by atoms with Crippen molar-refractivity contribution in [3.8, 4) is 0 Å². The first-order chi connectivity index (χ1) is 4.86. The molecule has 0 saturated carbocycles. The standard InChI is InChI=1S/C7H6O3/c8-3-1-2-4-6(9-4)7-5(3)10-7/h1-2,4-7H/t4-,5+,6-,7+/m1/s1. The fourth-order valence-electron chi connectivity index (χ4n) is 1.44. The molecule has 0 amide bonds. The Balaban J connectivity index is 1.97. The zero-order valence-corrected chi connectivity index (χ0v) is 5.19. The van der Waals surface area contributed by atoms with Gasteiger partial charge in [0.05, 0.1) is 0 Å². The normalized spacial score (nSPS) is 55.0. The maximum Gasteiger partial charge on any atom is 0.186 e. The van der Waals surface area contributed by atoms with Crippen molar-refractivity contribution in [2.45, 2.75) is 24.4 Å². The second kappa shape index (κ2) is 1.33. The number of carbonyl (C=O) groups excluding carboxylic acids is 1. The molecule has 2 aliphatic heterocycles. The maximum atomic E-state index is 11.0. The summed E-state index contributed by atoms with van der Waals surface area (Å²) in [5.41, 5.74) is 0. The van der Waals surface area contributed by atoms with Crippen molar-refractivity contribution < 1.29 is 14.3 Å². The lowest BCUT2D eigenvalue weighted by molar-refractivity contribution is -0.115. The first-order valence-corrected chi connectivity index (χ1v) is 3.39. The quantitative estimate of drug-likeness (QED) is 0.430. The van der Waals surface area contributed by atoms with Gasteiger partial charge in [-0.15, -0.1) is 0 Å². The van der Waals surface area contributed by atoms with E-state index < -0.39 is 0 Å². The monoisotopic (exact) mass is 138 g/mol. The lowest BCUT2D eigenvalue weighted by atomic mass is 10.2. The number of ether oxygens (including phenoxy) is 2. The Morgan fingerprint density at radius 1 is 1.30 bits per heavy atom. The number of ketones is 1. The summed E-state index contributed by atoms with van der Waals surface area (Å²) >= 11 is 0. The zero-order chi connectivity index (χ0) is 6.72. The third-order valence-electron chi connectivity index (χ3n) is 2.14. The summed E-state index contributed by atoms with van der Waals surface area (Å²) in [6, 6.07) is 0. The van der Waals surface area contributed by atoms with Gasteiger partial charge in [-0.2, -0.15) is 0 Å². The van der Waals surface area contributed by atoms with Crippen molar-refractivity contribution in [2.24, 2.45) is 0 Å². The fraction of sp³-hybridized carbons (Fsp3) is 0.571. The molecule has 0 N–H and O–H groups in total. The van der Waals surface area contributed by atoms with Crippen molar-refractivity contribution in [1.29, 1.82) is 0 Å². The Kier molecular flexibility index (Phi) is 0.672. The summed E-state index contributed by atoms with van der Waals surface area (Å²) in [6.45, 7) is 0. The number of hydrogen-bond donors (Lipinski definition) is 0. The van der Waals surface area contributed by atoms with E-state index in [1.165, 1.54) is 0 Å². The van der Waals surface area contributed by atoms with E-state index in [2.05, 4.69) is 0 Å². The van der Waals surface area contributed by atoms with Crippen LogP contribution in [0.1, 0.15) is 0 Å². The molecule has 3 rings (SSSR count). The summed E-state index contributed by atoms with van der Waals surface area (Å²) < 4.78 is 10.3. The molecule has 0 radical (unpaired) electrons. The smallest absolute Gasteiger partial charge is 0.186 e. The van der Waals surface area contributed by atoms with E-state index in [4.69, 9.17) is 9.47 Å². The van der Waals surface area contributed by atoms with E-state index in [1.54, 1.807) is 6.08 Å². The van der Waals surface area contributed by atoms with Crippen LogP contribution in [-0.2, 0) is 14.3 Å². The van der Waals surface area contributed by atoms with E-state index in [-0.39, 0.29) is 30.2 Å². The van der Waals surface area contributed by atoms with Gasteiger partial charge in [0.2, 0.25) is 0 Å². The van der Waals surface area contributed by atoms with Crippen LogP contribution >= 0.6 is 0 Å². The minimum Gasteiger partial charge on any atom is -0.362 e. The molecule has 3 heteroatoms. The predicted molar refractivity (Wildman–Crippen MR) is 31.5 cm³/mol. The Morgan fingerprint density at radius 3 is 3.10 bits per heavy atom. The van der Waals surface area contributed by atoms with Crippen LogP contribution in [0.15, 0.2) is 12.2 Å². The van der Waals surface area contributed by atoms with Gasteiger partial charge in [0, 0.05) is 0 Å². The number of hydrogen-bond acceptors (Lipinski definition) is 3. The topological polar surface area (TPSA) is 42.1 Å². The third kappa shape index (κ3) is 0.496. The van der Waals surface area contributed by atoms with E-state index in [0.717, 1.165) is 0 Å². The zero-order valence-electron chi connectivity index (χ0n) is 5.19. The van der Waals surface area contributed by atoms with Crippen LogP contribution in [0.3, 0.4) is 0 Å². The third-order valence-corrected chi connectivity index (χ3v) is 2.14. The van der Waals surface area contributed by atoms with Crippen molar-refractivity contribution >= 4 is 5.78 Å². The number of carbonyl (C=O) groups is 1. The Bertz CT molecular complexity index is 233. The van der Waals surface area contributed by atoms with E-state index in [9.17, 15) is 4.79 Å². The molecule has 0 aromatic heterocycles. The minimum atomic E-state index is -0.172. The molecule has 1 aliphatic carbocycles. The van der Waals surface area contributed by atoms with Crippen LogP contribution in [0.2, 0.25) is 0 Å². The van der Waals surface area contributed by atoms with Crippen LogP contribution in [0.4, 0.5) is 0 Å². The molecule has 4 atom stereocenters. The van der Waals surface area contributed by atoms with Crippen LogP contribution in [-0.4, -0.2) is 30.2 Å². The van der Waals surface area contributed by atoms with Crippen molar-refractivity contribution in [2.75, 3.05) is 0 Å². The number of rotatable bonds is 0. The summed E-state index contributed by atoms with van der Waals surface area (Å²) in [5, 5.41) is 0. The van der Waals surface area contributed by atoms with Gasteiger partial charge in [-0.25, -0.2) is 0 Å². The highest BCUT2D eigenvalue weighted by Crippen LogP contribution is 2.41. The molecule has 0 aromatic rings. The second-order valence-electron chi connectivity index (χ2n) is 2.85. The van der Waals surface area contributed by atoms with Crippen LogP contribution < -0.4 is 0 Å². The molecule has 2 fully saturated rings. The summed E-state index contributed by atoms with van der Waals surface area (Å²) in [6.07, 6.45) is 3.65. The minimum absolute atomic E-state index is 0.0764. The molecule has 10 heavy (non-hydrogen) atoms. The number of fused-ring (bicyclic) bond motifs is 3. The van der Waals surface area contributed by atoms with Gasteiger partial charge >= 0.3 is 0 Å². The second-order valence-corrected chi connectivity index (χ2v) is 2.85. The van der Waals surface area contributed by atoms with Gasteiger partial charge in [-0.3, -0.25) is 4.79 Å².